The number of rotatable bonds is 4. The summed E-state index contributed by atoms with van der Waals surface area (Å²) >= 11 is 0. The summed E-state index contributed by atoms with van der Waals surface area (Å²) in [6, 6.07) is 15.5. The van der Waals surface area contributed by atoms with Crippen molar-refractivity contribution in [3.8, 4) is 0 Å². The Morgan fingerprint density at radius 1 is 1.12 bits per heavy atom. The third-order valence-electron chi connectivity index (χ3n) is 4.84. The maximum Gasteiger partial charge on any atom is 0.297 e. The topological polar surface area (TPSA) is 68.2 Å². The van der Waals surface area contributed by atoms with E-state index < -0.39 is 0 Å². The summed E-state index contributed by atoms with van der Waals surface area (Å²) in [5, 5.41) is 8.18. The number of methoxy groups -OCH3 is 1. The Balaban J connectivity index is 1.66. The molecule has 26 heavy (non-hydrogen) atoms. The standard InChI is InChI=1S/C20H20N4O2/c1-26-13-11-14-10-12-24(18-9-5-2-6-15(14)18)20(25)19-21-16-7-3-4-8-17(16)22-23-19/h2-9,14H,10-13H2,1H3. The van der Waals surface area contributed by atoms with Crippen LogP contribution in [0.5, 0.6) is 0 Å². The van der Waals surface area contributed by atoms with E-state index in [-0.39, 0.29) is 11.7 Å². The Kier molecular flexibility index (Phi) is 4.58. The van der Waals surface area contributed by atoms with Crippen molar-refractivity contribution in [1.82, 2.24) is 15.2 Å². The molecule has 0 fully saturated rings. The number of para-hydroxylation sites is 2. The number of hydrogen-bond acceptors (Lipinski definition) is 5. The van der Waals surface area contributed by atoms with Gasteiger partial charge in [0, 0.05) is 25.9 Å². The smallest absolute Gasteiger partial charge is 0.297 e. The van der Waals surface area contributed by atoms with Gasteiger partial charge in [-0.15, -0.1) is 10.2 Å². The fourth-order valence-electron chi connectivity index (χ4n) is 3.50. The zero-order valence-electron chi connectivity index (χ0n) is 14.6. The van der Waals surface area contributed by atoms with E-state index in [0.717, 1.165) is 18.5 Å². The number of nitrogens with zero attached hydrogens (tertiary/aromatic N) is 4. The lowest BCUT2D eigenvalue weighted by atomic mass is 9.87. The molecule has 1 atom stereocenters. The first kappa shape index (κ1) is 16.6. The second kappa shape index (κ2) is 7.17. The average molecular weight is 348 g/mol. The van der Waals surface area contributed by atoms with Crippen LogP contribution in [0, 0.1) is 0 Å². The van der Waals surface area contributed by atoms with E-state index in [4.69, 9.17) is 4.74 Å². The second-order valence-corrected chi connectivity index (χ2v) is 6.41. The van der Waals surface area contributed by atoms with Gasteiger partial charge in [-0.2, -0.15) is 0 Å². The van der Waals surface area contributed by atoms with Crippen molar-refractivity contribution in [1.29, 1.82) is 0 Å². The molecule has 6 nitrogen and oxygen atoms in total. The number of aromatic nitrogens is 3. The van der Waals surface area contributed by atoms with Crippen LogP contribution in [0.15, 0.2) is 48.5 Å². The largest absolute Gasteiger partial charge is 0.385 e. The van der Waals surface area contributed by atoms with Crippen LogP contribution in [0.25, 0.3) is 11.0 Å². The average Bonchev–Trinajstić information content (AvgIpc) is 2.71. The van der Waals surface area contributed by atoms with Gasteiger partial charge in [0.1, 0.15) is 5.52 Å². The normalized spacial score (nSPS) is 16.5. The molecule has 2 heterocycles. The number of hydrogen-bond donors (Lipinski definition) is 0. The molecule has 1 aromatic heterocycles. The predicted molar refractivity (Wildman–Crippen MR) is 99.3 cm³/mol. The van der Waals surface area contributed by atoms with E-state index in [1.807, 2.05) is 42.5 Å². The van der Waals surface area contributed by atoms with E-state index >= 15 is 0 Å². The monoisotopic (exact) mass is 348 g/mol. The van der Waals surface area contributed by atoms with Gasteiger partial charge in [0.15, 0.2) is 0 Å². The van der Waals surface area contributed by atoms with Crippen molar-refractivity contribution >= 4 is 22.6 Å². The number of anilines is 1. The first-order chi connectivity index (χ1) is 12.8. The van der Waals surface area contributed by atoms with Crippen molar-refractivity contribution in [3.63, 3.8) is 0 Å². The van der Waals surface area contributed by atoms with Crippen LogP contribution in [0.1, 0.15) is 34.9 Å². The predicted octanol–water partition coefficient (Wildman–Crippen LogP) is 3.20. The molecule has 3 aromatic rings. The fourth-order valence-corrected chi connectivity index (χ4v) is 3.50. The highest BCUT2D eigenvalue weighted by Crippen LogP contribution is 2.37. The highest BCUT2D eigenvalue weighted by atomic mass is 16.5. The summed E-state index contributed by atoms with van der Waals surface area (Å²) in [7, 11) is 1.72. The van der Waals surface area contributed by atoms with Gasteiger partial charge in [-0.1, -0.05) is 30.3 Å². The number of fused-ring (bicyclic) bond motifs is 2. The van der Waals surface area contributed by atoms with Gasteiger partial charge in [-0.3, -0.25) is 4.79 Å². The molecule has 0 radical (unpaired) electrons. The van der Waals surface area contributed by atoms with Gasteiger partial charge >= 0.3 is 0 Å². The van der Waals surface area contributed by atoms with Crippen molar-refractivity contribution < 1.29 is 9.53 Å². The lowest BCUT2D eigenvalue weighted by Crippen LogP contribution is -2.38. The fraction of sp³-hybridized carbons (Fsp3) is 0.300. The minimum Gasteiger partial charge on any atom is -0.385 e. The van der Waals surface area contributed by atoms with E-state index in [2.05, 4.69) is 21.2 Å². The molecule has 0 saturated heterocycles. The number of carbonyl (C=O) groups excluding carboxylic acids is 1. The molecule has 1 unspecified atom stereocenters. The molecule has 1 amide bonds. The Morgan fingerprint density at radius 2 is 1.88 bits per heavy atom. The van der Waals surface area contributed by atoms with Crippen LogP contribution in [-0.2, 0) is 4.74 Å². The van der Waals surface area contributed by atoms with Crippen LogP contribution in [0.3, 0.4) is 0 Å². The number of benzene rings is 2. The van der Waals surface area contributed by atoms with Crippen molar-refractivity contribution in [2.24, 2.45) is 0 Å². The highest BCUT2D eigenvalue weighted by Gasteiger charge is 2.30. The summed E-state index contributed by atoms with van der Waals surface area (Å²) in [4.78, 5) is 19.2. The molecule has 0 saturated carbocycles. The second-order valence-electron chi connectivity index (χ2n) is 6.41. The molecule has 0 spiro atoms. The number of ether oxygens (including phenoxy) is 1. The van der Waals surface area contributed by atoms with Gasteiger partial charge in [0.05, 0.1) is 5.52 Å². The molecule has 6 heteroatoms. The Bertz CT molecular complexity index is 944. The van der Waals surface area contributed by atoms with Crippen LogP contribution in [0.4, 0.5) is 5.69 Å². The summed E-state index contributed by atoms with van der Waals surface area (Å²) < 4.78 is 5.24. The van der Waals surface area contributed by atoms with E-state index in [1.165, 1.54) is 5.56 Å². The summed E-state index contributed by atoms with van der Waals surface area (Å²) in [6.07, 6.45) is 1.84. The SMILES string of the molecule is COCCC1CCN(C(=O)c2nnc3ccccc3n2)c2ccccc21. The van der Waals surface area contributed by atoms with Crippen molar-refractivity contribution in [2.45, 2.75) is 18.8 Å². The Morgan fingerprint density at radius 3 is 2.73 bits per heavy atom. The maximum absolute atomic E-state index is 13.1. The van der Waals surface area contributed by atoms with Gasteiger partial charge < -0.3 is 9.64 Å². The molecule has 132 valence electrons. The highest BCUT2D eigenvalue weighted by molar-refractivity contribution is 6.04. The van der Waals surface area contributed by atoms with Gasteiger partial charge in [0.2, 0.25) is 5.82 Å². The van der Waals surface area contributed by atoms with Gasteiger partial charge in [-0.05, 0) is 42.5 Å². The Hall–Kier alpha value is -2.86. The van der Waals surface area contributed by atoms with E-state index in [0.29, 0.717) is 30.1 Å². The van der Waals surface area contributed by atoms with E-state index in [9.17, 15) is 4.79 Å². The molecule has 2 aromatic carbocycles. The minimum atomic E-state index is -0.208. The van der Waals surface area contributed by atoms with Crippen LogP contribution in [-0.4, -0.2) is 41.3 Å². The first-order valence-corrected chi connectivity index (χ1v) is 8.77. The van der Waals surface area contributed by atoms with Gasteiger partial charge in [-0.25, -0.2) is 4.98 Å². The Labute approximate surface area is 151 Å². The van der Waals surface area contributed by atoms with E-state index in [1.54, 1.807) is 12.0 Å². The molecule has 0 N–H and O–H groups in total. The zero-order valence-corrected chi connectivity index (χ0v) is 14.6. The quantitative estimate of drug-likeness (QED) is 0.724. The molecule has 0 aliphatic carbocycles. The third-order valence-corrected chi connectivity index (χ3v) is 4.84. The maximum atomic E-state index is 13.1. The van der Waals surface area contributed by atoms with Crippen LogP contribution in [0.2, 0.25) is 0 Å². The number of carbonyl (C=O) groups is 1. The summed E-state index contributed by atoms with van der Waals surface area (Å²) in [5.41, 5.74) is 3.47. The number of amides is 1. The van der Waals surface area contributed by atoms with Crippen molar-refractivity contribution in [3.05, 3.63) is 59.9 Å². The lowest BCUT2D eigenvalue weighted by molar-refractivity contribution is 0.0972. The first-order valence-electron chi connectivity index (χ1n) is 8.77. The summed E-state index contributed by atoms with van der Waals surface area (Å²) in [5.74, 6) is 0.320. The van der Waals surface area contributed by atoms with Crippen LogP contribution < -0.4 is 4.90 Å². The van der Waals surface area contributed by atoms with Gasteiger partial charge in [0.25, 0.3) is 5.91 Å². The molecular weight excluding hydrogens is 328 g/mol. The zero-order chi connectivity index (χ0) is 17.9. The minimum absolute atomic E-state index is 0.133. The molecule has 1 aliphatic heterocycles. The van der Waals surface area contributed by atoms with Crippen molar-refractivity contribution in [2.75, 3.05) is 25.2 Å². The molecular formula is C20H20N4O2. The molecule has 1 aliphatic rings. The summed E-state index contributed by atoms with van der Waals surface area (Å²) in [6.45, 7) is 1.35. The third kappa shape index (κ3) is 3.04. The van der Waals surface area contributed by atoms with Crippen LogP contribution >= 0.6 is 0 Å². The molecule has 4 rings (SSSR count). The molecule has 0 bridgehead atoms. The lowest BCUT2D eigenvalue weighted by Gasteiger charge is -2.33.